The van der Waals surface area contributed by atoms with E-state index in [1.807, 2.05) is 0 Å². The van der Waals surface area contributed by atoms with Gasteiger partial charge in [0.2, 0.25) is 0 Å². The summed E-state index contributed by atoms with van der Waals surface area (Å²) in [6.45, 7) is 7.43. The molecule has 5 heteroatoms. The van der Waals surface area contributed by atoms with Crippen molar-refractivity contribution in [2.75, 3.05) is 19.8 Å². The Morgan fingerprint density at radius 3 is 1.20 bits per heavy atom. The maximum atomic E-state index is 12.7. The van der Waals surface area contributed by atoms with Gasteiger partial charge in [0.15, 0.2) is 6.10 Å². The van der Waals surface area contributed by atoms with Crippen molar-refractivity contribution in [2.24, 2.45) is 0 Å². The van der Waals surface area contributed by atoms with Crippen molar-refractivity contribution in [3.05, 3.63) is 109 Å². The van der Waals surface area contributed by atoms with Crippen molar-refractivity contribution in [1.29, 1.82) is 0 Å². The van der Waals surface area contributed by atoms with Crippen LogP contribution < -0.4 is 0 Å². The van der Waals surface area contributed by atoms with E-state index < -0.39 is 6.10 Å². The van der Waals surface area contributed by atoms with Crippen LogP contribution in [0.5, 0.6) is 0 Å². The van der Waals surface area contributed by atoms with Gasteiger partial charge in [0, 0.05) is 19.4 Å². The molecule has 1 unspecified atom stereocenters. The van der Waals surface area contributed by atoms with Crippen LogP contribution in [-0.4, -0.2) is 37.9 Å². The normalized spacial score (nSPS) is 13.2. The van der Waals surface area contributed by atoms with Crippen LogP contribution in [0.2, 0.25) is 0 Å². The lowest BCUT2D eigenvalue weighted by Gasteiger charge is -2.18. The van der Waals surface area contributed by atoms with Crippen molar-refractivity contribution in [3.63, 3.8) is 0 Å². The average molecular weight is 831 g/mol. The molecule has 0 N–H and O–H groups in total. The molecule has 0 aliphatic carbocycles. The highest BCUT2D eigenvalue weighted by Crippen LogP contribution is 2.13. The number of unbranched alkanes of at least 4 members (excludes halogenated alkanes) is 14. The highest BCUT2D eigenvalue weighted by Gasteiger charge is 2.17. The third kappa shape index (κ3) is 47.2. The van der Waals surface area contributed by atoms with E-state index in [2.05, 4.69) is 130 Å². The molecule has 0 fully saturated rings. The average Bonchev–Trinajstić information content (AvgIpc) is 3.25. The van der Waals surface area contributed by atoms with Crippen molar-refractivity contribution < 1.29 is 23.8 Å². The van der Waals surface area contributed by atoms with Crippen molar-refractivity contribution in [3.8, 4) is 0 Å². The molecule has 0 spiro atoms. The molecule has 0 aromatic carbocycles. The zero-order valence-electron chi connectivity index (χ0n) is 38.9. The fraction of sp³-hybridized carbons (Fsp3) is 0.636. The summed E-state index contributed by atoms with van der Waals surface area (Å²) in [5.74, 6) is -0.476. The van der Waals surface area contributed by atoms with Gasteiger partial charge >= 0.3 is 11.9 Å². The summed E-state index contributed by atoms with van der Waals surface area (Å²) in [6.07, 6.45) is 68.1. The van der Waals surface area contributed by atoms with Gasteiger partial charge in [-0.1, -0.05) is 194 Å². The number of carbonyl (C=O) groups excluding carboxylic acids is 2. The van der Waals surface area contributed by atoms with Gasteiger partial charge in [-0.05, 0) is 103 Å². The highest BCUT2D eigenvalue weighted by molar-refractivity contribution is 5.70. The summed E-state index contributed by atoms with van der Waals surface area (Å²) in [5, 5.41) is 0. The van der Waals surface area contributed by atoms with Crippen LogP contribution in [0.15, 0.2) is 109 Å². The first-order chi connectivity index (χ1) is 29.6. The van der Waals surface area contributed by atoms with Crippen molar-refractivity contribution in [2.45, 2.75) is 207 Å². The Hall–Kier alpha value is -3.44. The van der Waals surface area contributed by atoms with E-state index in [0.29, 0.717) is 19.4 Å². The van der Waals surface area contributed by atoms with E-state index in [4.69, 9.17) is 14.2 Å². The minimum Gasteiger partial charge on any atom is -0.462 e. The summed E-state index contributed by atoms with van der Waals surface area (Å²) >= 11 is 0. The van der Waals surface area contributed by atoms with E-state index >= 15 is 0 Å². The fourth-order valence-corrected chi connectivity index (χ4v) is 6.23. The van der Waals surface area contributed by atoms with Crippen LogP contribution in [0.4, 0.5) is 0 Å². The summed E-state index contributed by atoms with van der Waals surface area (Å²) in [4.78, 5) is 25.3. The number of rotatable bonds is 43. The van der Waals surface area contributed by atoms with E-state index in [1.54, 1.807) is 0 Å². The Morgan fingerprint density at radius 2 is 0.750 bits per heavy atom. The Morgan fingerprint density at radius 1 is 0.383 bits per heavy atom. The molecule has 0 aliphatic rings. The lowest BCUT2D eigenvalue weighted by atomic mass is 10.1. The quantitative estimate of drug-likeness (QED) is 0.0348. The second kappa shape index (κ2) is 49.9. The van der Waals surface area contributed by atoms with Crippen LogP contribution in [0, 0.1) is 0 Å². The maximum absolute atomic E-state index is 12.7. The molecule has 60 heavy (non-hydrogen) atoms. The van der Waals surface area contributed by atoms with Gasteiger partial charge in [-0.15, -0.1) is 0 Å². The number of ether oxygens (including phenoxy) is 3. The summed E-state index contributed by atoms with van der Waals surface area (Å²) < 4.78 is 17.3. The van der Waals surface area contributed by atoms with E-state index in [9.17, 15) is 9.59 Å². The molecule has 0 rings (SSSR count). The van der Waals surface area contributed by atoms with E-state index in [-0.39, 0.29) is 25.2 Å². The third-order valence-electron chi connectivity index (χ3n) is 9.80. The predicted molar refractivity (Wildman–Crippen MR) is 260 cm³/mol. The Balaban J connectivity index is 4.41. The van der Waals surface area contributed by atoms with Gasteiger partial charge in [-0.25, -0.2) is 0 Å². The maximum Gasteiger partial charge on any atom is 0.306 e. The SMILES string of the molecule is CC/C=C\C/C=C\C/C=C\C/C=C\C/C=C\CCCCOCC(COC(=O)CCCC/C=C\C/C=C\C/C=C\C/C=C\CC)OC(=O)CCCCCCCCCCCCC. The van der Waals surface area contributed by atoms with Gasteiger partial charge in [0.05, 0.1) is 6.61 Å². The van der Waals surface area contributed by atoms with Gasteiger partial charge in [-0.3, -0.25) is 9.59 Å². The molecule has 340 valence electrons. The molecule has 0 amide bonds. The summed E-state index contributed by atoms with van der Waals surface area (Å²) in [5.41, 5.74) is 0. The van der Waals surface area contributed by atoms with E-state index in [1.165, 1.54) is 51.4 Å². The molecular weight excluding hydrogens is 741 g/mol. The van der Waals surface area contributed by atoms with Gasteiger partial charge in [0.1, 0.15) is 6.61 Å². The number of hydrogen-bond donors (Lipinski definition) is 0. The largest absolute Gasteiger partial charge is 0.462 e. The van der Waals surface area contributed by atoms with Gasteiger partial charge in [0.25, 0.3) is 0 Å². The zero-order valence-corrected chi connectivity index (χ0v) is 38.9. The summed E-state index contributed by atoms with van der Waals surface area (Å²) in [7, 11) is 0. The molecule has 0 saturated heterocycles. The van der Waals surface area contributed by atoms with Crippen LogP contribution in [0.1, 0.15) is 201 Å². The first-order valence-corrected chi connectivity index (χ1v) is 24.4. The van der Waals surface area contributed by atoms with Crippen LogP contribution >= 0.6 is 0 Å². The van der Waals surface area contributed by atoms with Crippen LogP contribution in [0.25, 0.3) is 0 Å². The van der Waals surface area contributed by atoms with Gasteiger partial charge < -0.3 is 14.2 Å². The highest BCUT2D eigenvalue weighted by atomic mass is 16.6. The zero-order chi connectivity index (χ0) is 43.5. The molecular formula is C55H90O5. The monoisotopic (exact) mass is 831 g/mol. The standard InChI is InChI=1S/C55H90O5/c1-4-7-10-13-16-19-22-24-26-27-28-30-32-35-38-41-44-47-50-58-51-53(60-55(57)49-46-43-40-37-33-21-18-15-12-9-6-3)52-59-54(56)48-45-42-39-36-34-31-29-25-23-20-17-14-11-8-5-2/h7-8,10-11,16-17,19-20,24-26,28-30,34-36,38,53H,4-6,9,12-15,18,21-23,27,31-33,37,39-52H2,1-3H3/b10-7-,11-8-,19-16-,20-17-,26-24-,29-25-,30-28-,36-34-,38-35-. The number of allylic oxidation sites excluding steroid dienone is 18. The molecule has 0 aliphatic heterocycles. The Labute approximate surface area is 370 Å². The van der Waals surface area contributed by atoms with Gasteiger partial charge in [-0.2, -0.15) is 0 Å². The second-order valence-electron chi connectivity index (χ2n) is 15.6. The lowest BCUT2D eigenvalue weighted by Crippen LogP contribution is -2.30. The topological polar surface area (TPSA) is 61.8 Å². The molecule has 0 aromatic heterocycles. The third-order valence-corrected chi connectivity index (χ3v) is 9.80. The Kier molecular flexibility index (Phi) is 47.1. The van der Waals surface area contributed by atoms with Crippen LogP contribution in [0.3, 0.4) is 0 Å². The molecule has 0 bridgehead atoms. The Bertz CT molecular complexity index is 1210. The molecule has 0 radical (unpaired) electrons. The number of esters is 2. The minimum absolute atomic E-state index is 0.0414. The fourth-order valence-electron chi connectivity index (χ4n) is 6.23. The molecule has 0 saturated carbocycles. The molecule has 0 aromatic rings. The number of carbonyl (C=O) groups is 2. The molecule has 1 atom stereocenters. The second-order valence-corrected chi connectivity index (χ2v) is 15.6. The molecule has 5 nitrogen and oxygen atoms in total. The lowest BCUT2D eigenvalue weighted by molar-refractivity contribution is -0.163. The van der Waals surface area contributed by atoms with Crippen molar-refractivity contribution >= 4 is 11.9 Å². The minimum atomic E-state index is -0.579. The smallest absolute Gasteiger partial charge is 0.306 e. The van der Waals surface area contributed by atoms with Crippen LogP contribution in [-0.2, 0) is 23.8 Å². The molecule has 0 heterocycles. The predicted octanol–water partition coefficient (Wildman–Crippen LogP) is 16.4. The van der Waals surface area contributed by atoms with E-state index in [0.717, 1.165) is 116 Å². The first kappa shape index (κ1) is 56.6. The summed E-state index contributed by atoms with van der Waals surface area (Å²) in [6, 6.07) is 0. The van der Waals surface area contributed by atoms with Crippen molar-refractivity contribution in [1.82, 2.24) is 0 Å². The number of hydrogen-bond acceptors (Lipinski definition) is 5. The first-order valence-electron chi connectivity index (χ1n) is 24.4.